The molecule has 1 aromatic heterocycles. The Morgan fingerprint density at radius 3 is 2.55 bits per heavy atom. The van der Waals surface area contributed by atoms with Crippen LogP contribution in [0.1, 0.15) is 25.2 Å². The summed E-state index contributed by atoms with van der Waals surface area (Å²) in [5.41, 5.74) is 2.28. The van der Waals surface area contributed by atoms with Gasteiger partial charge in [-0.1, -0.05) is 18.5 Å². The highest BCUT2D eigenvalue weighted by atomic mass is 35.5. The molecule has 1 heterocycles. The maximum atomic E-state index is 13.5. The third-order valence-corrected chi connectivity index (χ3v) is 3.21. The van der Waals surface area contributed by atoms with Crippen LogP contribution in [0.2, 0.25) is 5.02 Å². The van der Waals surface area contributed by atoms with Crippen LogP contribution in [0.25, 0.3) is 11.3 Å². The van der Waals surface area contributed by atoms with Crippen molar-refractivity contribution < 1.29 is 4.39 Å². The van der Waals surface area contributed by atoms with Gasteiger partial charge in [0, 0.05) is 29.1 Å². The topological polar surface area (TPSA) is 37.8 Å². The van der Waals surface area contributed by atoms with E-state index in [-0.39, 0.29) is 5.82 Å². The van der Waals surface area contributed by atoms with Crippen LogP contribution in [-0.4, -0.2) is 16.5 Å². The first-order valence-electron chi connectivity index (χ1n) is 6.63. The van der Waals surface area contributed by atoms with Crippen LogP contribution in [0.4, 0.5) is 10.2 Å². The van der Waals surface area contributed by atoms with Gasteiger partial charge in [0.15, 0.2) is 0 Å². The minimum Gasteiger partial charge on any atom is -0.370 e. The number of nitrogens with zero attached hydrogens (tertiary/aromatic N) is 2. The second-order valence-corrected chi connectivity index (χ2v) is 4.94. The molecule has 20 heavy (non-hydrogen) atoms. The molecule has 0 atom stereocenters. The molecule has 2 aromatic rings. The van der Waals surface area contributed by atoms with Crippen molar-refractivity contribution in [1.29, 1.82) is 0 Å². The summed E-state index contributed by atoms with van der Waals surface area (Å²) in [6, 6.07) is 4.44. The summed E-state index contributed by atoms with van der Waals surface area (Å²) in [6.07, 6.45) is 0.717. The summed E-state index contributed by atoms with van der Waals surface area (Å²) in [4.78, 5) is 8.97. The lowest BCUT2D eigenvalue weighted by Gasteiger charge is -2.13. The zero-order chi connectivity index (χ0) is 14.7. The molecule has 0 aliphatic carbocycles. The van der Waals surface area contributed by atoms with Crippen molar-refractivity contribution in [3.05, 3.63) is 40.4 Å². The minimum atomic E-state index is -0.367. The van der Waals surface area contributed by atoms with Gasteiger partial charge in [-0.15, -0.1) is 0 Å². The molecule has 0 radical (unpaired) electrons. The largest absolute Gasteiger partial charge is 0.370 e. The average molecular weight is 294 g/mol. The van der Waals surface area contributed by atoms with Crippen LogP contribution in [0, 0.1) is 12.7 Å². The van der Waals surface area contributed by atoms with Crippen molar-refractivity contribution in [3.63, 3.8) is 0 Å². The molecule has 0 saturated heterocycles. The zero-order valence-electron chi connectivity index (χ0n) is 11.8. The summed E-state index contributed by atoms with van der Waals surface area (Å²) in [5, 5.41) is 3.57. The number of halogens is 2. The highest BCUT2D eigenvalue weighted by molar-refractivity contribution is 6.30. The molecule has 0 saturated carbocycles. The van der Waals surface area contributed by atoms with Gasteiger partial charge in [0.05, 0.1) is 5.69 Å². The number of nitrogens with one attached hydrogen (secondary N) is 1. The molecule has 1 aromatic carbocycles. The van der Waals surface area contributed by atoms with Crippen molar-refractivity contribution in [2.45, 2.75) is 27.2 Å². The SMILES string of the molecule is CCNc1nc(CC)nc(-c2cc(F)cc(Cl)c2)c1C. The number of anilines is 1. The molecule has 0 amide bonds. The van der Waals surface area contributed by atoms with Crippen LogP contribution in [0.3, 0.4) is 0 Å². The first kappa shape index (κ1) is 14.7. The van der Waals surface area contributed by atoms with E-state index in [1.807, 2.05) is 20.8 Å². The molecule has 0 aliphatic heterocycles. The molecule has 0 fully saturated rings. The molecule has 5 heteroatoms. The van der Waals surface area contributed by atoms with Crippen LogP contribution in [-0.2, 0) is 6.42 Å². The standard InChI is InChI=1S/C15H17ClFN3/c1-4-13-19-14(9(3)15(20-13)18-5-2)10-6-11(16)8-12(17)7-10/h6-8H,4-5H2,1-3H3,(H,18,19,20). The van der Waals surface area contributed by atoms with E-state index in [0.717, 1.165) is 23.8 Å². The van der Waals surface area contributed by atoms with Gasteiger partial charge in [0.1, 0.15) is 17.5 Å². The van der Waals surface area contributed by atoms with Crippen LogP contribution in [0.5, 0.6) is 0 Å². The van der Waals surface area contributed by atoms with E-state index in [9.17, 15) is 4.39 Å². The Bertz CT molecular complexity index is 609. The number of rotatable bonds is 4. The van der Waals surface area contributed by atoms with Gasteiger partial charge >= 0.3 is 0 Å². The average Bonchev–Trinajstić information content (AvgIpc) is 2.40. The van der Waals surface area contributed by atoms with Crippen LogP contribution < -0.4 is 5.32 Å². The molecule has 2 rings (SSSR count). The number of hydrogen-bond acceptors (Lipinski definition) is 3. The Hall–Kier alpha value is -1.68. The summed E-state index contributed by atoms with van der Waals surface area (Å²) in [5.74, 6) is 1.14. The van der Waals surface area contributed by atoms with E-state index in [4.69, 9.17) is 11.6 Å². The molecule has 0 unspecified atom stereocenters. The van der Waals surface area contributed by atoms with E-state index in [2.05, 4.69) is 15.3 Å². The molecule has 1 N–H and O–H groups in total. The van der Waals surface area contributed by atoms with Crippen LogP contribution in [0.15, 0.2) is 18.2 Å². The van der Waals surface area contributed by atoms with Crippen molar-refractivity contribution in [1.82, 2.24) is 9.97 Å². The third-order valence-electron chi connectivity index (χ3n) is 2.99. The predicted octanol–water partition coefficient (Wildman–Crippen LogP) is 4.24. The van der Waals surface area contributed by atoms with Gasteiger partial charge in [-0.05, 0) is 32.0 Å². The maximum absolute atomic E-state index is 13.5. The van der Waals surface area contributed by atoms with E-state index in [0.29, 0.717) is 22.7 Å². The highest BCUT2D eigenvalue weighted by Gasteiger charge is 2.13. The zero-order valence-corrected chi connectivity index (χ0v) is 12.6. The lowest BCUT2D eigenvalue weighted by Crippen LogP contribution is -2.07. The Balaban J connectivity index is 2.62. The molecule has 0 aliphatic rings. The summed E-state index contributed by atoms with van der Waals surface area (Å²) in [6.45, 7) is 6.69. The maximum Gasteiger partial charge on any atom is 0.133 e. The smallest absolute Gasteiger partial charge is 0.133 e. The van der Waals surface area contributed by atoms with Gasteiger partial charge in [-0.25, -0.2) is 14.4 Å². The monoisotopic (exact) mass is 293 g/mol. The first-order chi connectivity index (χ1) is 9.55. The number of hydrogen-bond donors (Lipinski definition) is 1. The van der Waals surface area contributed by atoms with Crippen molar-refractivity contribution in [2.24, 2.45) is 0 Å². The molecule has 3 nitrogen and oxygen atoms in total. The van der Waals surface area contributed by atoms with E-state index in [1.165, 1.54) is 12.1 Å². The summed E-state index contributed by atoms with van der Waals surface area (Å²) < 4.78 is 13.5. The molecular formula is C15H17ClFN3. The van der Waals surface area contributed by atoms with Gasteiger partial charge in [0.2, 0.25) is 0 Å². The van der Waals surface area contributed by atoms with Crippen molar-refractivity contribution in [3.8, 4) is 11.3 Å². The predicted molar refractivity (Wildman–Crippen MR) is 80.7 cm³/mol. The Labute approximate surface area is 123 Å². The van der Waals surface area contributed by atoms with Gasteiger partial charge < -0.3 is 5.32 Å². The Morgan fingerprint density at radius 2 is 1.95 bits per heavy atom. The van der Waals surface area contributed by atoms with Crippen molar-refractivity contribution >= 4 is 17.4 Å². The second-order valence-electron chi connectivity index (χ2n) is 4.50. The van der Waals surface area contributed by atoms with Gasteiger partial charge in [-0.2, -0.15) is 0 Å². The summed E-state index contributed by atoms with van der Waals surface area (Å²) >= 11 is 5.93. The number of aromatic nitrogens is 2. The van der Waals surface area contributed by atoms with E-state index >= 15 is 0 Å². The lowest BCUT2D eigenvalue weighted by atomic mass is 10.1. The number of benzene rings is 1. The van der Waals surface area contributed by atoms with Gasteiger partial charge in [-0.3, -0.25) is 0 Å². The minimum absolute atomic E-state index is 0.362. The summed E-state index contributed by atoms with van der Waals surface area (Å²) in [7, 11) is 0. The number of aryl methyl sites for hydroxylation is 1. The quantitative estimate of drug-likeness (QED) is 0.916. The fourth-order valence-electron chi connectivity index (χ4n) is 2.03. The fraction of sp³-hybridized carbons (Fsp3) is 0.333. The Kier molecular flexibility index (Phi) is 4.55. The normalized spacial score (nSPS) is 10.7. The van der Waals surface area contributed by atoms with Crippen LogP contribution >= 0.6 is 11.6 Å². The lowest BCUT2D eigenvalue weighted by molar-refractivity contribution is 0.628. The molecule has 106 valence electrons. The highest BCUT2D eigenvalue weighted by Crippen LogP contribution is 2.28. The second kappa shape index (κ2) is 6.18. The van der Waals surface area contributed by atoms with Gasteiger partial charge in [0.25, 0.3) is 0 Å². The fourth-order valence-corrected chi connectivity index (χ4v) is 2.25. The first-order valence-corrected chi connectivity index (χ1v) is 7.00. The Morgan fingerprint density at radius 1 is 1.20 bits per heavy atom. The molecular weight excluding hydrogens is 277 g/mol. The molecule has 0 bridgehead atoms. The van der Waals surface area contributed by atoms with E-state index < -0.39 is 0 Å². The molecule has 0 spiro atoms. The van der Waals surface area contributed by atoms with E-state index in [1.54, 1.807) is 6.07 Å². The third kappa shape index (κ3) is 3.07. The van der Waals surface area contributed by atoms with Crippen molar-refractivity contribution in [2.75, 3.05) is 11.9 Å².